The number of rotatable bonds is 13. The molecular weight excluding hydrogens is 390 g/mol. The zero-order valence-electron chi connectivity index (χ0n) is 20.6. The summed E-state index contributed by atoms with van der Waals surface area (Å²) in [7, 11) is 5.84. The van der Waals surface area contributed by atoms with Crippen LogP contribution in [0.5, 0.6) is 0 Å². The molecule has 1 saturated carbocycles. The number of likely N-dealkylation sites (N-methyl/N-ethyl adjacent to an activating group) is 2. The summed E-state index contributed by atoms with van der Waals surface area (Å²) in [5, 5.41) is 13.6. The van der Waals surface area contributed by atoms with Crippen molar-refractivity contribution in [3.8, 4) is 0 Å². The van der Waals surface area contributed by atoms with Crippen molar-refractivity contribution in [1.82, 2.24) is 25.7 Å². The second kappa shape index (κ2) is 17.2. The minimum atomic E-state index is 0.157. The highest BCUT2D eigenvalue weighted by molar-refractivity contribution is 5.75. The number of H-pyrrole nitrogens is 1. The highest BCUT2D eigenvalue weighted by atomic mass is 16.5. The van der Waals surface area contributed by atoms with Crippen LogP contribution >= 0.6 is 0 Å². The number of carbonyl (C=O) groups excluding carboxylic acids is 1. The lowest BCUT2D eigenvalue weighted by Crippen LogP contribution is -2.27. The first-order chi connectivity index (χ1) is 15.0. The number of nitrogens with one attached hydrogen (secondary N) is 3. The molecule has 0 saturated heterocycles. The van der Waals surface area contributed by atoms with Gasteiger partial charge in [-0.25, -0.2) is 0 Å². The molecule has 0 unspecified atom stereocenters. The van der Waals surface area contributed by atoms with Gasteiger partial charge in [0.15, 0.2) is 0 Å². The molecule has 1 fully saturated rings. The molecule has 1 amide bonds. The third kappa shape index (κ3) is 12.9. The molecule has 1 aromatic rings. The summed E-state index contributed by atoms with van der Waals surface area (Å²) in [5.41, 5.74) is 2.78. The van der Waals surface area contributed by atoms with E-state index in [1.54, 1.807) is 7.11 Å². The number of ether oxygens (including phenoxy) is 1. The Kier molecular flexibility index (Phi) is 15.3. The summed E-state index contributed by atoms with van der Waals surface area (Å²) in [6.07, 6.45) is 11.3. The molecule has 0 spiro atoms. The van der Waals surface area contributed by atoms with E-state index in [9.17, 15) is 4.79 Å². The van der Waals surface area contributed by atoms with Gasteiger partial charge in [0.1, 0.15) is 0 Å². The van der Waals surface area contributed by atoms with E-state index in [2.05, 4.69) is 46.6 Å². The zero-order valence-corrected chi connectivity index (χ0v) is 20.6. The molecule has 1 aliphatic carbocycles. The minimum absolute atomic E-state index is 0.157. The Hall–Kier alpha value is -1.44. The number of amides is 1. The van der Waals surface area contributed by atoms with E-state index < -0.39 is 0 Å². The Balaban J connectivity index is 0.000000330. The average Bonchev–Trinajstić information content (AvgIpc) is 3.23. The van der Waals surface area contributed by atoms with Crippen LogP contribution in [0.1, 0.15) is 82.4 Å². The minimum Gasteiger partial charge on any atom is -0.385 e. The van der Waals surface area contributed by atoms with Crippen LogP contribution in [0.3, 0.4) is 0 Å². The summed E-state index contributed by atoms with van der Waals surface area (Å²) in [4.78, 5) is 13.5. The third-order valence-electron chi connectivity index (χ3n) is 5.74. The molecule has 7 heteroatoms. The number of carbonyl (C=O) groups is 1. The van der Waals surface area contributed by atoms with Gasteiger partial charge in [-0.15, -0.1) is 0 Å². The average molecular weight is 438 g/mol. The van der Waals surface area contributed by atoms with Crippen LogP contribution in [0.4, 0.5) is 0 Å². The van der Waals surface area contributed by atoms with Gasteiger partial charge in [0.25, 0.3) is 0 Å². The molecule has 0 aromatic carbocycles. The standard InChI is InChI=1S/C14H26N4.C10H21NO2/c1-15-8-9-18(2)11-13-10-16-17-14(13)12-6-4-3-5-7-12;1-9(2)5-6-10(12)11-7-4-8-13-3/h10,12,15H,3-9,11H2,1-2H3,(H,16,17);9H,4-8H2,1-3H3,(H,11,12). The normalized spacial score (nSPS) is 14.5. The Labute approximate surface area is 190 Å². The molecule has 1 aliphatic rings. The first-order valence-electron chi connectivity index (χ1n) is 12.1. The quantitative estimate of drug-likeness (QED) is 0.410. The first-order valence-corrected chi connectivity index (χ1v) is 12.1. The Morgan fingerprint density at radius 3 is 2.68 bits per heavy atom. The van der Waals surface area contributed by atoms with Crippen LogP contribution in [0, 0.1) is 5.92 Å². The first kappa shape index (κ1) is 27.6. The van der Waals surface area contributed by atoms with E-state index in [-0.39, 0.29) is 5.91 Å². The largest absolute Gasteiger partial charge is 0.385 e. The van der Waals surface area contributed by atoms with Crippen LogP contribution in [-0.4, -0.2) is 68.5 Å². The molecule has 1 aromatic heterocycles. The second-order valence-corrected chi connectivity index (χ2v) is 9.11. The van der Waals surface area contributed by atoms with Gasteiger partial charge >= 0.3 is 0 Å². The fourth-order valence-electron chi connectivity index (χ4n) is 3.82. The van der Waals surface area contributed by atoms with E-state index in [0.717, 1.165) is 39.0 Å². The van der Waals surface area contributed by atoms with Crippen molar-refractivity contribution in [2.24, 2.45) is 5.92 Å². The van der Waals surface area contributed by atoms with Crippen molar-refractivity contribution in [1.29, 1.82) is 0 Å². The molecule has 2 rings (SSSR count). The molecule has 0 atom stereocenters. The summed E-state index contributed by atoms with van der Waals surface area (Å²) in [5.74, 6) is 1.48. The molecule has 0 radical (unpaired) electrons. The fourth-order valence-corrected chi connectivity index (χ4v) is 3.82. The second-order valence-electron chi connectivity index (χ2n) is 9.11. The van der Waals surface area contributed by atoms with Crippen molar-refractivity contribution in [3.05, 3.63) is 17.5 Å². The van der Waals surface area contributed by atoms with Gasteiger partial charge in [0, 0.05) is 63.5 Å². The SMILES string of the molecule is CNCCN(C)Cc1cn[nH]c1C1CCCCC1.COCCCNC(=O)CCC(C)C. The van der Waals surface area contributed by atoms with Crippen LogP contribution in [0.25, 0.3) is 0 Å². The summed E-state index contributed by atoms with van der Waals surface area (Å²) in [6.45, 7) is 8.80. The number of nitrogens with zero attached hydrogens (tertiary/aromatic N) is 2. The summed E-state index contributed by atoms with van der Waals surface area (Å²) < 4.78 is 4.87. The number of aromatic amines is 1. The predicted molar refractivity (Wildman–Crippen MR) is 128 cm³/mol. The van der Waals surface area contributed by atoms with E-state index in [1.165, 1.54) is 43.4 Å². The van der Waals surface area contributed by atoms with E-state index in [4.69, 9.17) is 4.74 Å². The predicted octanol–water partition coefficient (Wildman–Crippen LogP) is 3.68. The highest BCUT2D eigenvalue weighted by Crippen LogP contribution is 2.33. The van der Waals surface area contributed by atoms with Crippen molar-refractivity contribution in [3.63, 3.8) is 0 Å². The lowest BCUT2D eigenvalue weighted by molar-refractivity contribution is -0.121. The Bertz CT molecular complexity index is 570. The van der Waals surface area contributed by atoms with Crippen LogP contribution in [-0.2, 0) is 16.1 Å². The maximum Gasteiger partial charge on any atom is 0.220 e. The summed E-state index contributed by atoms with van der Waals surface area (Å²) >= 11 is 0. The van der Waals surface area contributed by atoms with E-state index in [0.29, 0.717) is 24.9 Å². The Morgan fingerprint density at radius 2 is 2.03 bits per heavy atom. The molecule has 180 valence electrons. The van der Waals surface area contributed by atoms with Crippen molar-refractivity contribution in [2.75, 3.05) is 47.4 Å². The van der Waals surface area contributed by atoms with E-state index >= 15 is 0 Å². The lowest BCUT2D eigenvalue weighted by atomic mass is 9.85. The number of aromatic nitrogens is 2. The molecular formula is C24H47N5O2. The molecule has 7 nitrogen and oxygen atoms in total. The molecule has 0 bridgehead atoms. The zero-order chi connectivity index (χ0) is 22.9. The highest BCUT2D eigenvalue weighted by Gasteiger charge is 2.20. The van der Waals surface area contributed by atoms with Gasteiger partial charge in [-0.3, -0.25) is 9.89 Å². The molecule has 31 heavy (non-hydrogen) atoms. The van der Waals surface area contributed by atoms with Crippen LogP contribution < -0.4 is 10.6 Å². The van der Waals surface area contributed by atoms with Crippen LogP contribution in [0.2, 0.25) is 0 Å². The number of methoxy groups -OCH3 is 1. The third-order valence-corrected chi connectivity index (χ3v) is 5.74. The number of hydrogen-bond acceptors (Lipinski definition) is 5. The van der Waals surface area contributed by atoms with Gasteiger partial charge in [-0.1, -0.05) is 33.1 Å². The maximum atomic E-state index is 11.2. The molecule has 1 heterocycles. The molecule has 3 N–H and O–H groups in total. The van der Waals surface area contributed by atoms with Gasteiger partial charge in [0.2, 0.25) is 5.91 Å². The van der Waals surface area contributed by atoms with E-state index in [1.807, 2.05) is 13.2 Å². The van der Waals surface area contributed by atoms with Crippen molar-refractivity contribution >= 4 is 5.91 Å². The summed E-state index contributed by atoms with van der Waals surface area (Å²) in [6, 6.07) is 0. The van der Waals surface area contributed by atoms with Gasteiger partial charge in [-0.2, -0.15) is 5.10 Å². The van der Waals surface area contributed by atoms with Crippen molar-refractivity contribution < 1.29 is 9.53 Å². The van der Waals surface area contributed by atoms with Gasteiger partial charge in [0.05, 0.1) is 6.20 Å². The Morgan fingerprint density at radius 1 is 1.29 bits per heavy atom. The smallest absolute Gasteiger partial charge is 0.220 e. The number of hydrogen-bond donors (Lipinski definition) is 3. The van der Waals surface area contributed by atoms with Gasteiger partial charge < -0.3 is 20.3 Å². The monoisotopic (exact) mass is 437 g/mol. The fraction of sp³-hybridized carbons (Fsp3) is 0.833. The lowest BCUT2D eigenvalue weighted by Gasteiger charge is -2.23. The maximum absolute atomic E-state index is 11.2. The molecule has 0 aliphatic heterocycles. The topological polar surface area (TPSA) is 82.3 Å². The van der Waals surface area contributed by atoms with Crippen molar-refractivity contribution in [2.45, 2.75) is 77.7 Å². The van der Waals surface area contributed by atoms with Crippen LogP contribution in [0.15, 0.2) is 6.20 Å². The van der Waals surface area contributed by atoms with Gasteiger partial charge in [-0.05, 0) is 45.7 Å².